The number of hydrogen-bond acceptors (Lipinski definition) is 6. The molecule has 1 unspecified atom stereocenters. The average molecular weight is 1100 g/mol. The predicted octanol–water partition coefficient (Wildman–Crippen LogP) is 22.8. The highest BCUT2D eigenvalue weighted by Crippen LogP contribution is 2.16. The Kier molecular flexibility index (Phi) is 62.8. The summed E-state index contributed by atoms with van der Waals surface area (Å²) in [4.78, 5) is 38.4. The van der Waals surface area contributed by atoms with Crippen molar-refractivity contribution >= 4 is 17.9 Å². The van der Waals surface area contributed by atoms with Gasteiger partial charge in [-0.15, -0.1) is 0 Å². The highest BCUT2D eigenvalue weighted by molar-refractivity contribution is 5.71. The van der Waals surface area contributed by atoms with Gasteiger partial charge in [0.2, 0.25) is 0 Å². The van der Waals surface area contributed by atoms with Crippen molar-refractivity contribution in [3.8, 4) is 0 Å². The van der Waals surface area contributed by atoms with Crippen molar-refractivity contribution in [3.05, 3.63) is 122 Å². The van der Waals surface area contributed by atoms with Crippen molar-refractivity contribution in [1.29, 1.82) is 0 Å². The summed E-state index contributed by atoms with van der Waals surface area (Å²) in [5.74, 6) is -0.904. The van der Waals surface area contributed by atoms with Crippen LogP contribution in [-0.2, 0) is 28.6 Å². The maximum absolute atomic E-state index is 12.9. The molecule has 1 atom stereocenters. The molecule has 0 fully saturated rings. The minimum atomic E-state index is -0.794. The van der Waals surface area contributed by atoms with Crippen LogP contribution in [0.3, 0.4) is 0 Å². The number of esters is 3. The van der Waals surface area contributed by atoms with E-state index in [-0.39, 0.29) is 31.1 Å². The predicted molar refractivity (Wildman–Crippen MR) is 343 cm³/mol. The first-order valence-corrected chi connectivity index (χ1v) is 33.0. The summed E-state index contributed by atoms with van der Waals surface area (Å²) in [5, 5.41) is 0. The Labute approximate surface area is 488 Å². The van der Waals surface area contributed by atoms with Crippen LogP contribution in [0.25, 0.3) is 0 Å². The SMILES string of the molecule is CC/C=C\C/C=C\C/C=C\C/C=C\C/C=C\CCCCCCCCCC(=O)OCC(COC(=O)CCCCCCCCC/C=C\CCCCCCCC)OC(=O)CCCCCCCCCC/C=C\C/C=C\C/C=C\C/C=C\CC. The fourth-order valence-corrected chi connectivity index (χ4v) is 9.04. The molecular formula is C73H122O6. The molecule has 0 aliphatic carbocycles. The molecule has 0 N–H and O–H groups in total. The molecular weight excluding hydrogens is 973 g/mol. The zero-order valence-corrected chi connectivity index (χ0v) is 51.6. The summed E-state index contributed by atoms with van der Waals surface area (Å²) >= 11 is 0. The number of allylic oxidation sites excluding steroid dienone is 20. The topological polar surface area (TPSA) is 78.9 Å². The Morgan fingerprint density at radius 1 is 0.266 bits per heavy atom. The third-order valence-electron chi connectivity index (χ3n) is 13.9. The number of carbonyl (C=O) groups is 3. The molecule has 0 aromatic rings. The lowest BCUT2D eigenvalue weighted by Gasteiger charge is -2.18. The van der Waals surface area contributed by atoms with Gasteiger partial charge in [0.25, 0.3) is 0 Å². The molecule has 0 saturated heterocycles. The number of hydrogen-bond donors (Lipinski definition) is 0. The summed E-state index contributed by atoms with van der Waals surface area (Å²) in [6.45, 7) is 6.41. The van der Waals surface area contributed by atoms with Gasteiger partial charge in [-0.25, -0.2) is 0 Å². The minimum Gasteiger partial charge on any atom is -0.462 e. The van der Waals surface area contributed by atoms with E-state index in [9.17, 15) is 14.4 Å². The van der Waals surface area contributed by atoms with E-state index in [1.165, 1.54) is 135 Å². The lowest BCUT2D eigenvalue weighted by atomic mass is 10.1. The van der Waals surface area contributed by atoms with Gasteiger partial charge in [0.05, 0.1) is 0 Å². The largest absolute Gasteiger partial charge is 0.462 e. The van der Waals surface area contributed by atoms with Crippen LogP contribution in [0.1, 0.15) is 303 Å². The zero-order chi connectivity index (χ0) is 57.1. The Hall–Kier alpha value is -4.19. The molecule has 0 saturated carbocycles. The quantitative estimate of drug-likeness (QED) is 0.0261. The molecule has 0 spiro atoms. The number of unbranched alkanes of at least 4 members (excludes halogenated alkanes) is 28. The molecule has 0 amide bonds. The number of ether oxygens (including phenoxy) is 3. The lowest BCUT2D eigenvalue weighted by molar-refractivity contribution is -0.167. The van der Waals surface area contributed by atoms with Crippen LogP contribution in [0.5, 0.6) is 0 Å². The van der Waals surface area contributed by atoms with Crippen molar-refractivity contribution in [2.24, 2.45) is 0 Å². The molecule has 0 radical (unpaired) electrons. The third kappa shape index (κ3) is 64.5. The van der Waals surface area contributed by atoms with Crippen LogP contribution in [0.2, 0.25) is 0 Å². The van der Waals surface area contributed by atoms with Gasteiger partial charge in [-0.2, -0.15) is 0 Å². The zero-order valence-electron chi connectivity index (χ0n) is 51.6. The van der Waals surface area contributed by atoms with E-state index in [0.29, 0.717) is 19.3 Å². The Morgan fingerprint density at radius 2 is 0.494 bits per heavy atom. The first kappa shape index (κ1) is 74.8. The summed E-state index contributed by atoms with van der Waals surface area (Å²) < 4.78 is 17.0. The van der Waals surface area contributed by atoms with Gasteiger partial charge in [-0.05, 0) is 128 Å². The third-order valence-corrected chi connectivity index (χ3v) is 13.9. The number of carbonyl (C=O) groups excluding carboxylic acids is 3. The van der Waals surface area contributed by atoms with Crippen LogP contribution >= 0.6 is 0 Å². The van der Waals surface area contributed by atoms with Gasteiger partial charge in [-0.1, -0.05) is 277 Å². The molecule has 0 rings (SSSR count). The van der Waals surface area contributed by atoms with Crippen LogP contribution in [0.4, 0.5) is 0 Å². The van der Waals surface area contributed by atoms with Crippen LogP contribution < -0.4 is 0 Å². The van der Waals surface area contributed by atoms with E-state index in [1.54, 1.807) is 0 Å². The van der Waals surface area contributed by atoms with E-state index in [4.69, 9.17) is 14.2 Å². The molecule has 6 heteroatoms. The van der Waals surface area contributed by atoms with Crippen molar-refractivity contribution in [1.82, 2.24) is 0 Å². The molecule has 6 nitrogen and oxygen atoms in total. The monoisotopic (exact) mass is 1090 g/mol. The highest BCUT2D eigenvalue weighted by Gasteiger charge is 2.19. The van der Waals surface area contributed by atoms with Gasteiger partial charge in [0.1, 0.15) is 13.2 Å². The fraction of sp³-hybridized carbons (Fsp3) is 0.685. The van der Waals surface area contributed by atoms with E-state index >= 15 is 0 Å². The van der Waals surface area contributed by atoms with E-state index in [1.807, 2.05) is 0 Å². The van der Waals surface area contributed by atoms with Crippen molar-refractivity contribution in [2.45, 2.75) is 309 Å². The fourth-order valence-electron chi connectivity index (χ4n) is 9.04. The van der Waals surface area contributed by atoms with E-state index < -0.39 is 6.10 Å². The van der Waals surface area contributed by atoms with Gasteiger partial charge in [-0.3, -0.25) is 14.4 Å². The Morgan fingerprint density at radius 3 is 0.785 bits per heavy atom. The lowest BCUT2D eigenvalue weighted by Crippen LogP contribution is -2.30. The molecule has 0 aliphatic rings. The maximum Gasteiger partial charge on any atom is 0.306 e. The van der Waals surface area contributed by atoms with Gasteiger partial charge >= 0.3 is 17.9 Å². The van der Waals surface area contributed by atoms with E-state index in [2.05, 4.69) is 142 Å². The van der Waals surface area contributed by atoms with Crippen LogP contribution in [-0.4, -0.2) is 37.2 Å². The standard InChI is InChI=1S/C73H122O6/c1-4-7-10-13-16-19-22-25-28-31-33-35-36-38-39-42-45-48-51-54-57-60-63-66-72(75)78-69-70(68-77-71(74)65-62-59-56-53-50-47-44-41-30-27-24-21-18-15-12-9-6-3)79-73(76)67-64-61-58-55-52-49-46-43-40-37-34-32-29-26-23-20-17-14-11-8-5-2/h7-8,10-11,16-17,19-20,25-30,33-35,37-39,70H,4-6,9,12-15,18,21-24,31-32,36,40-69H2,1-3H3/b10-7-,11-8-,19-16-,20-17-,28-25-,29-26-,30-27-,35-33-,37-34-,39-38-. The second kappa shape index (κ2) is 66.3. The molecule has 79 heavy (non-hydrogen) atoms. The second-order valence-electron chi connectivity index (χ2n) is 21.6. The van der Waals surface area contributed by atoms with Crippen LogP contribution in [0, 0.1) is 0 Å². The second-order valence-corrected chi connectivity index (χ2v) is 21.6. The smallest absolute Gasteiger partial charge is 0.306 e. The molecule has 0 aliphatic heterocycles. The first-order chi connectivity index (χ1) is 39.0. The average Bonchev–Trinajstić information content (AvgIpc) is 3.45. The van der Waals surface area contributed by atoms with Crippen molar-refractivity contribution < 1.29 is 28.6 Å². The first-order valence-electron chi connectivity index (χ1n) is 33.0. The number of rotatable bonds is 59. The van der Waals surface area contributed by atoms with Crippen LogP contribution in [0.15, 0.2) is 122 Å². The minimum absolute atomic E-state index is 0.0887. The summed E-state index contributed by atoms with van der Waals surface area (Å²) in [7, 11) is 0. The molecule has 0 aromatic carbocycles. The molecule has 0 heterocycles. The summed E-state index contributed by atoms with van der Waals surface area (Å²) in [5.41, 5.74) is 0. The van der Waals surface area contributed by atoms with Gasteiger partial charge in [0, 0.05) is 19.3 Å². The Balaban J connectivity index is 4.43. The van der Waals surface area contributed by atoms with Gasteiger partial charge < -0.3 is 14.2 Å². The highest BCUT2D eigenvalue weighted by atomic mass is 16.6. The molecule has 0 bridgehead atoms. The molecule has 450 valence electrons. The van der Waals surface area contributed by atoms with Crippen molar-refractivity contribution in [3.63, 3.8) is 0 Å². The van der Waals surface area contributed by atoms with Crippen molar-refractivity contribution in [2.75, 3.05) is 13.2 Å². The summed E-state index contributed by atoms with van der Waals surface area (Å²) in [6, 6.07) is 0. The molecule has 0 aromatic heterocycles. The van der Waals surface area contributed by atoms with Gasteiger partial charge in [0.15, 0.2) is 6.10 Å². The Bertz CT molecular complexity index is 1640. The summed E-state index contributed by atoms with van der Waals surface area (Å²) in [6.07, 6.45) is 91.9. The maximum atomic E-state index is 12.9. The normalized spacial score (nSPS) is 12.9. The van der Waals surface area contributed by atoms with E-state index in [0.717, 1.165) is 128 Å².